The van der Waals surface area contributed by atoms with Crippen molar-refractivity contribution in [1.82, 2.24) is 0 Å². The lowest BCUT2D eigenvalue weighted by Crippen LogP contribution is -2.20. The van der Waals surface area contributed by atoms with Crippen LogP contribution in [0.2, 0.25) is 0 Å². The number of rotatable bonds is 7. The fourth-order valence-electron chi connectivity index (χ4n) is 1.95. The average Bonchev–Trinajstić information content (AvgIpc) is 2.60. The largest absolute Gasteiger partial charge is 0.573 e. The van der Waals surface area contributed by atoms with Crippen molar-refractivity contribution >= 4 is 11.6 Å². The summed E-state index contributed by atoms with van der Waals surface area (Å²) < 4.78 is 55.6. The van der Waals surface area contributed by atoms with Crippen molar-refractivity contribution in [1.29, 1.82) is 0 Å². The van der Waals surface area contributed by atoms with Gasteiger partial charge in [0.2, 0.25) is 0 Å². The number of hydrogen-bond acceptors (Lipinski definition) is 5. The minimum absolute atomic E-state index is 0.302. The molecule has 0 aliphatic heterocycles. The van der Waals surface area contributed by atoms with E-state index in [9.17, 15) is 18.0 Å². The zero-order valence-electron chi connectivity index (χ0n) is 13.9. The zero-order valence-corrected chi connectivity index (χ0v) is 13.9. The normalized spacial score (nSPS) is 10.8. The van der Waals surface area contributed by atoms with Gasteiger partial charge in [-0.15, -0.1) is 13.2 Å². The number of ether oxygens (including phenoxy) is 4. The van der Waals surface area contributed by atoms with E-state index < -0.39 is 12.3 Å². The van der Waals surface area contributed by atoms with Crippen molar-refractivity contribution in [2.75, 3.05) is 26.1 Å². The number of benzene rings is 2. The molecule has 2 rings (SSSR count). The molecule has 0 aromatic heterocycles. The second kappa shape index (κ2) is 8.32. The smallest absolute Gasteiger partial charge is 0.496 e. The van der Waals surface area contributed by atoms with Crippen molar-refractivity contribution in [2.24, 2.45) is 0 Å². The molecule has 0 aliphatic carbocycles. The Morgan fingerprint density at radius 1 is 0.923 bits per heavy atom. The van der Waals surface area contributed by atoms with E-state index in [4.69, 9.17) is 14.2 Å². The molecule has 0 saturated heterocycles. The van der Waals surface area contributed by atoms with E-state index in [1.165, 1.54) is 26.4 Å². The topological polar surface area (TPSA) is 66.0 Å². The Morgan fingerprint density at radius 2 is 1.46 bits per heavy atom. The van der Waals surface area contributed by atoms with Crippen LogP contribution in [0.15, 0.2) is 42.5 Å². The summed E-state index contributed by atoms with van der Waals surface area (Å²) in [6, 6.07) is 9.57. The minimum atomic E-state index is -4.77. The van der Waals surface area contributed by atoms with Crippen LogP contribution >= 0.6 is 0 Å². The Labute approximate surface area is 147 Å². The molecule has 0 saturated carbocycles. The average molecular weight is 371 g/mol. The van der Waals surface area contributed by atoms with Gasteiger partial charge in [-0.1, -0.05) is 0 Å². The number of carbonyl (C=O) groups is 1. The molecule has 6 nitrogen and oxygen atoms in total. The van der Waals surface area contributed by atoms with Crippen molar-refractivity contribution in [2.45, 2.75) is 6.36 Å². The number of hydrogen-bond donors (Lipinski definition) is 1. The SMILES string of the molecule is COc1cc(OC)cc(OCC(=O)Nc2ccc(OC(F)(F)F)cc2)c1. The van der Waals surface area contributed by atoms with Crippen molar-refractivity contribution < 1.29 is 36.9 Å². The zero-order chi connectivity index (χ0) is 19.2. The maximum absolute atomic E-state index is 12.1. The molecule has 1 N–H and O–H groups in total. The van der Waals surface area contributed by atoms with Crippen LogP contribution in [0.5, 0.6) is 23.0 Å². The van der Waals surface area contributed by atoms with Crippen LogP contribution in [0, 0.1) is 0 Å². The highest BCUT2D eigenvalue weighted by Gasteiger charge is 2.30. The minimum Gasteiger partial charge on any atom is -0.496 e. The van der Waals surface area contributed by atoms with Gasteiger partial charge in [0, 0.05) is 23.9 Å². The second-order valence-electron chi connectivity index (χ2n) is 4.96. The van der Waals surface area contributed by atoms with E-state index in [2.05, 4.69) is 10.1 Å². The molecule has 1 amide bonds. The van der Waals surface area contributed by atoms with Gasteiger partial charge >= 0.3 is 6.36 Å². The molecular weight excluding hydrogens is 355 g/mol. The Bertz CT molecular complexity index is 725. The maximum atomic E-state index is 12.1. The molecule has 140 valence electrons. The Balaban J connectivity index is 1.91. The van der Waals surface area contributed by atoms with Gasteiger partial charge in [-0.05, 0) is 24.3 Å². The van der Waals surface area contributed by atoms with E-state index in [1.807, 2.05) is 0 Å². The molecule has 0 unspecified atom stereocenters. The molecule has 2 aromatic carbocycles. The first kappa shape index (κ1) is 19.2. The summed E-state index contributed by atoms with van der Waals surface area (Å²) in [6.07, 6.45) is -4.77. The fraction of sp³-hybridized carbons (Fsp3) is 0.235. The number of halogens is 3. The van der Waals surface area contributed by atoms with E-state index in [0.29, 0.717) is 22.9 Å². The number of anilines is 1. The number of alkyl halides is 3. The third-order valence-electron chi connectivity index (χ3n) is 3.07. The van der Waals surface area contributed by atoms with E-state index in [1.54, 1.807) is 18.2 Å². The summed E-state index contributed by atoms with van der Waals surface area (Å²) in [5.74, 6) is 0.497. The maximum Gasteiger partial charge on any atom is 0.573 e. The van der Waals surface area contributed by atoms with E-state index in [0.717, 1.165) is 12.1 Å². The molecule has 0 fully saturated rings. The Kier molecular flexibility index (Phi) is 6.16. The van der Waals surface area contributed by atoms with Gasteiger partial charge in [0.15, 0.2) is 6.61 Å². The summed E-state index contributed by atoms with van der Waals surface area (Å²) in [5, 5.41) is 2.50. The second-order valence-corrected chi connectivity index (χ2v) is 4.96. The summed E-state index contributed by atoms with van der Waals surface area (Å²) in [4.78, 5) is 11.9. The van der Waals surface area contributed by atoms with Crippen LogP contribution < -0.4 is 24.3 Å². The molecule has 0 atom stereocenters. The highest BCUT2D eigenvalue weighted by atomic mass is 19.4. The standard InChI is InChI=1S/C17H16F3NO5/c1-23-13-7-14(24-2)9-15(8-13)25-10-16(22)21-11-3-5-12(6-4-11)26-17(18,19)20/h3-9H,10H2,1-2H3,(H,21,22). The molecule has 0 heterocycles. The quantitative estimate of drug-likeness (QED) is 0.805. The van der Waals surface area contributed by atoms with Crippen LogP contribution in [0.1, 0.15) is 0 Å². The van der Waals surface area contributed by atoms with Crippen LogP contribution in [-0.4, -0.2) is 33.1 Å². The lowest BCUT2D eigenvalue weighted by molar-refractivity contribution is -0.274. The first-order valence-electron chi connectivity index (χ1n) is 7.30. The number of nitrogens with one attached hydrogen (secondary N) is 1. The molecule has 0 aliphatic rings. The van der Waals surface area contributed by atoms with Gasteiger partial charge in [0.25, 0.3) is 5.91 Å². The molecule has 0 spiro atoms. The third kappa shape index (κ3) is 6.08. The van der Waals surface area contributed by atoms with Crippen LogP contribution in [-0.2, 0) is 4.79 Å². The predicted molar refractivity (Wildman–Crippen MR) is 86.8 cm³/mol. The first-order valence-corrected chi connectivity index (χ1v) is 7.30. The van der Waals surface area contributed by atoms with Gasteiger partial charge in [-0.25, -0.2) is 0 Å². The van der Waals surface area contributed by atoms with Crippen LogP contribution in [0.25, 0.3) is 0 Å². The molecule has 0 bridgehead atoms. The lowest BCUT2D eigenvalue weighted by atomic mass is 10.3. The first-order chi connectivity index (χ1) is 12.3. The van der Waals surface area contributed by atoms with Gasteiger partial charge in [-0.3, -0.25) is 4.79 Å². The van der Waals surface area contributed by atoms with E-state index in [-0.39, 0.29) is 12.4 Å². The fourth-order valence-corrected chi connectivity index (χ4v) is 1.95. The number of methoxy groups -OCH3 is 2. The molecule has 9 heteroatoms. The highest BCUT2D eigenvalue weighted by Crippen LogP contribution is 2.27. The summed E-state index contributed by atoms with van der Waals surface area (Å²) in [7, 11) is 2.97. The number of amides is 1. The van der Waals surface area contributed by atoms with Crippen molar-refractivity contribution in [3.8, 4) is 23.0 Å². The molecular formula is C17H16F3NO5. The highest BCUT2D eigenvalue weighted by molar-refractivity contribution is 5.91. The molecule has 2 aromatic rings. The number of carbonyl (C=O) groups excluding carboxylic acids is 1. The lowest BCUT2D eigenvalue weighted by Gasteiger charge is -2.11. The van der Waals surface area contributed by atoms with Gasteiger partial charge in [0.05, 0.1) is 14.2 Å². The van der Waals surface area contributed by atoms with Gasteiger partial charge in [-0.2, -0.15) is 0 Å². The van der Waals surface area contributed by atoms with E-state index >= 15 is 0 Å². The van der Waals surface area contributed by atoms with Gasteiger partial charge in [0.1, 0.15) is 23.0 Å². The third-order valence-corrected chi connectivity index (χ3v) is 3.07. The van der Waals surface area contributed by atoms with Crippen molar-refractivity contribution in [3.63, 3.8) is 0 Å². The summed E-state index contributed by atoms with van der Waals surface area (Å²) >= 11 is 0. The predicted octanol–water partition coefficient (Wildman–Crippen LogP) is 3.62. The van der Waals surface area contributed by atoms with Crippen molar-refractivity contribution in [3.05, 3.63) is 42.5 Å². The Morgan fingerprint density at radius 3 is 1.96 bits per heavy atom. The van der Waals surface area contributed by atoms with Gasteiger partial charge < -0.3 is 24.3 Å². The molecule has 0 radical (unpaired) electrons. The summed E-state index contributed by atoms with van der Waals surface area (Å²) in [6.45, 7) is -0.308. The monoisotopic (exact) mass is 371 g/mol. The Hall–Kier alpha value is -3.10. The van der Waals surface area contributed by atoms with Crippen LogP contribution in [0.3, 0.4) is 0 Å². The molecule has 26 heavy (non-hydrogen) atoms. The van der Waals surface area contributed by atoms with Crippen LogP contribution in [0.4, 0.5) is 18.9 Å². The summed E-state index contributed by atoms with van der Waals surface area (Å²) in [5.41, 5.74) is 0.302.